The van der Waals surface area contributed by atoms with Gasteiger partial charge < -0.3 is 10.7 Å². The molecule has 16 heavy (non-hydrogen) atoms. The van der Waals surface area contributed by atoms with Crippen molar-refractivity contribution in [3.05, 3.63) is 27.9 Å². The van der Waals surface area contributed by atoms with Gasteiger partial charge in [-0.2, -0.15) is 4.98 Å². The Morgan fingerprint density at radius 3 is 2.88 bits per heavy atom. The molecule has 0 aromatic carbocycles. The van der Waals surface area contributed by atoms with Crippen LogP contribution in [-0.2, 0) is 6.42 Å². The van der Waals surface area contributed by atoms with Crippen LogP contribution in [0.1, 0.15) is 49.4 Å². The predicted octanol–water partition coefficient (Wildman–Crippen LogP) is 1.32. The Bertz CT molecular complexity index is 393. The normalized spacial score (nSPS) is 16.8. The fourth-order valence-corrected chi connectivity index (χ4v) is 2.39. The summed E-state index contributed by atoms with van der Waals surface area (Å²) in [6.07, 6.45) is 6.62. The molecule has 4 nitrogen and oxygen atoms in total. The maximum absolute atomic E-state index is 11.4. The number of aromatic nitrogens is 2. The van der Waals surface area contributed by atoms with Crippen LogP contribution in [0, 0.1) is 0 Å². The van der Waals surface area contributed by atoms with Crippen molar-refractivity contribution in [1.82, 2.24) is 9.97 Å². The summed E-state index contributed by atoms with van der Waals surface area (Å²) >= 11 is 0. The Hall–Kier alpha value is -1.16. The van der Waals surface area contributed by atoms with Gasteiger partial charge in [0.2, 0.25) is 0 Å². The molecule has 0 amide bonds. The molecule has 1 aliphatic carbocycles. The van der Waals surface area contributed by atoms with E-state index in [9.17, 15) is 4.79 Å². The molecule has 0 aliphatic heterocycles. The third kappa shape index (κ3) is 2.70. The highest BCUT2D eigenvalue weighted by Crippen LogP contribution is 2.32. The molecular formula is C12H19N3O. The highest BCUT2D eigenvalue weighted by molar-refractivity contribution is 5.14. The molecular weight excluding hydrogens is 202 g/mol. The van der Waals surface area contributed by atoms with Crippen molar-refractivity contribution in [3.8, 4) is 0 Å². The zero-order chi connectivity index (χ0) is 11.4. The fraction of sp³-hybridized carbons (Fsp3) is 0.667. The Balaban J connectivity index is 2.17. The number of hydrogen-bond donors (Lipinski definition) is 2. The van der Waals surface area contributed by atoms with Gasteiger partial charge in [-0.1, -0.05) is 12.8 Å². The summed E-state index contributed by atoms with van der Waals surface area (Å²) in [6, 6.07) is 2.05. The van der Waals surface area contributed by atoms with Gasteiger partial charge in [0.15, 0.2) is 0 Å². The maximum Gasteiger partial charge on any atom is 0.345 e. The largest absolute Gasteiger partial charge is 0.345 e. The van der Waals surface area contributed by atoms with Gasteiger partial charge >= 0.3 is 5.69 Å². The number of nitrogens with zero attached hydrogens (tertiary/aromatic N) is 1. The van der Waals surface area contributed by atoms with E-state index in [1.54, 1.807) is 0 Å². The average molecular weight is 221 g/mol. The number of H-pyrrole nitrogens is 1. The standard InChI is InChI=1S/C12H19N3O/c13-7-3-6-10-8-11(15-12(16)14-10)9-4-1-2-5-9/h8-9H,1-7,13H2,(H,14,15,16). The summed E-state index contributed by atoms with van der Waals surface area (Å²) in [5, 5.41) is 0. The molecule has 1 fully saturated rings. The molecule has 0 atom stereocenters. The molecule has 4 heteroatoms. The van der Waals surface area contributed by atoms with Crippen LogP contribution >= 0.6 is 0 Å². The van der Waals surface area contributed by atoms with Crippen LogP contribution in [0.2, 0.25) is 0 Å². The lowest BCUT2D eigenvalue weighted by atomic mass is 10.0. The molecule has 88 valence electrons. The lowest BCUT2D eigenvalue weighted by Gasteiger charge is -2.09. The molecule has 2 rings (SSSR count). The first-order chi connectivity index (χ1) is 7.79. The molecule has 1 aromatic rings. The Labute approximate surface area is 95.3 Å². The van der Waals surface area contributed by atoms with Gasteiger partial charge in [-0.3, -0.25) is 0 Å². The number of nitrogens with one attached hydrogen (secondary N) is 1. The quantitative estimate of drug-likeness (QED) is 0.805. The zero-order valence-electron chi connectivity index (χ0n) is 9.54. The minimum atomic E-state index is -0.212. The SMILES string of the molecule is NCCCc1cc(C2CCCC2)nc(=O)[nH]1. The smallest absolute Gasteiger partial charge is 0.330 e. The van der Waals surface area contributed by atoms with Crippen molar-refractivity contribution in [2.75, 3.05) is 6.54 Å². The Kier molecular flexibility index (Phi) is 3.72. The molecule has 0 bridgehead atoms. The number of rotatable bonds is 4. The zero-order valence-corrected chi connectivity index (χ0v) is 9.54. The summed E-state index contributed by atoms with van der Waals surface area (Å²) in [5.74, 6) is 0.499. The molecule has 0 spiro atoms. The van der Waals surface area contributed by atoms with Crippen molar-refractivity contribution in [2.24, 2.45) is 5.73 Å². The summed E-state index contributed by atoms with van der Waals surface area (Å²) in [4.78, 5) is 18.3. The van der Waals surface area contributed by atoms with E-state index in [0.29, 0.717) is 12.5 Å². The van der Waals surface area contributed by atoms with Crippen molar-refractivity contribution in [1.29, 1.82) is 0 Å². The van der Waals surface area contributed by atoms with Gasteiger partial charge in [0, 0.05) is 11.6 Å². The van der Waals surface area contributed by atoms with Crippen molar-refractivity contribution in [2.45, 2.75) is 44.4 Å². The van der Waals surface area contributed by atoms with Gasteiger partial charge in [-0.25, -0.2) is 4.79 Å². The predicted molar refractivity (Wildman–Crippen MR) is 63.4 cm³/mol. The van der Waals surface area contributed by atoms with E-state index in [0.717, 1.165) is 24.2 Å². The highest BCUT2D eigenvalue weighted by atomic mass is 16.1. The first-order valence-electron chi connectivity index (χ1n) is 6.10. The third-order valence-corrected chi connectivity index (χ3v) is 3.24. The lowest BCUT2D eigenvalue weighted by Crippen LogP contribution is -2.17. The van der Waals surface area contributed by atoms with E-state index < -0.39 is 0 Å². The minimum Gasteiger partial charge on any atom is -0.330 e. The van der Waals surface area contributed by atoms with E-state index in [-0.39, 0.29) is 5.69 Å². The van der Waals surface area contributed by atoms with Gasteiger partial charge in [-0.15, -0.1) is 0 Å². The molecule has 1 aliphatic rings. The number of nitrogens with two attached hydrogens (primary N) is 1. The van der Waals surface area contributed by atoms with Gasteiger partial charge in [0.05, 0.1) is 5.69 Å². The second kappa shape index (κ2) is 5.25. The summed E-state index contributed by atoms with van der Waals surface area (Å²) in [7, 11) is 0. The Morgan fingerprint density at radius 1 is 1.44 bits per heavy atom. The van der Waals surface area contributed by atoms with Gasteiger partial charge in [-0.05, 0) is 38.3 Å². The molecule has 0 saturated heterocycles. The molecule has 0 unspecified atom stereocenters. The van der Waals surface area contributed by atoms with E-state index in [2.05, 4.69) is 9.97 Å². The van der Waals surface area contributed by atoms with Crippen molar-refractivity contribution < 1.29 is 0 Å². The summed E-state index contributed by atoms with van der Waals surface area (Å²) in [6.45, 7) is 0.656. The second-order valence-electron chi connectivity index (χ2n) is 4.51. The van der Waals surface area contributed by atoms with Crippen LogP contribution in [0.4, 0.5) is 0 Å². The molecule has 1 heterocycles. The van der Waals surface area contributed by atoms with E-state index in [1.165, 1.54) is 25.7 Å². The third-order valence-electron chi connectivity index (χ3n) is 3.24. The van der Waals surface area contributed by atoms with E-state index in [1.807, 2.05) is 6.07 Å². The van der Waals surface area contributed by atoms with Gasteiger partial charge in [0.25, 0.3) is 0 Å². The first-order valence-corrected chi connectivity index (χ1v) is 6.10. The fourth-order valence-electron chi connectivity index (χ4n) is 2.39. The topological polar surface area (TPSA) is 71.8 Å². The first kappa shape index (κ1) is 11.3. The van der Waals surface area contributed by atoms with Crippen LogP contribution in [-0.4, -0.2) is 16.5 Å². The summed E-state index contributed by atoms with van der Waals surface area (Å²) in [5.41, 5.74) is 7.21. The monoisotopic (exact) mass is 221 g/mol. The molecule has 1 aromatic heterocycles. The lowest BCUT2D eigenvalue weighted by molar-refractivity contribution is 0.680. The van der Waals surface area contributed by atoms with E-state index in [4.69, 9.17) is 5.73 Å². The van der Waals surface area contributed by atoms with Crippen LogP contribution in [0.15, 0.2) is 10.9 Å². The Morgan fingerprint density at radius 2 is 2.19 bits per heavy atom. The minimum absolute atomic E-state index is 0.212. The van der Waals surface area contributed by atoms with Crippen LogP contribution in [0.3, 0.4) is 0 Å². The number of aryl methyl sites for hydroxylation is 1. The van der Waals surface area contributed by atoms with Crippen molar-refractivity contribution in [3.63, 3.8) is 0 Å². The van der Waals surface area contributed by atoms with Crippen molar-refractivity contribution >= 4 is 0 Å². The van der Waals surface area contributed by atoms with Crippen LogP contribution in [0.5, 0.6) is 0 Å². The van der Waals surface area contributed by atoms with E-state index >= 15 is 0 Å². The number of hydrogen-bond acceptors (Lipinski definition) is 3. The van der Waals surface area contributed by atoms with Crippen LogP contribution in [0.25, 0.3) is 0 Å². The molecule has 1 saturated carbocycles. The molecule has 3 N–H and O–H groups in total. The summed E-state index contributed by atoms with van der Waals surface area (Å²) < 4.78 is 0. The van der Waals surface area contributed by atoms with Crippen LogP contribution < -0.4 is 11.4 Å². The molecule has 0 radical (unpaired) electrons. The maximum atomic E-state index is 11.4. The highest BCUT2D eigenvalue weighted by Gasteiger charge is 2.19. The number of aromatic amines is 1. The second-order valence-corrected chi connectivity index (χ2v) is 4.51. The average Bonchev–Trinajstić information content (AvgIpc) is 2.79. The van der Waals surface area contributed by atoms with Gasteiger partial charge in [0.1, 0.15) is 0 Å².